The lowest BCUT2D eigenvalue weighted by atomic mass is 10.00. The largest absolute Gasteiger partial charge is 0.491 e. The van der Waals surface area contributed by atoms with Gasteiger partial charge in [0.1, 0.15) is 18.9 Å². The lowest BCUT2D eigenvalue weighted by Gasteiger charge is -2.37. The Morgan fingerprint density at radius 3 is 2.62 bits per heavy atom. The Morgan fingerprint density at radius 1 is 1.22 bits per heavy atom. The first kappa shape index (κ1) is 27.5. The van der Waals surface area contributed by atoms with E-state index >= 15 is 0 Å². The molecular weight excluding hydrogens is 486 g/mol. The van der Waals surface area contributed by atoms with Crippen LogP contribution in [0.2, 0.25) is 0 Å². The van der Waals surface area contributed by atoms with Crippen LogP contribution >= 0.6 is 11.3 Å². The van der Waals surface area contributed by atoms with Crippen LogP contribution < -0.4 is 10.1 Å². The number of fused-ring (bicyclic) bond motifs is 1. The fourth-order valence-electron chi connectivity index (χ4n) is 4.91. The predicted molar refractivity (Wildman–Crippen MR) is 147 cm³/mol. The molecule has 202 valence electrons. The van der Waals surface area contributed by atoms with E-state index in [0.717, 1.165) is 30.6 Å². The Kier molecular flexibility index (Phi) is 8.80. The smallest absolute Gasteiger partial charge is 0.318 e. The number of benzene rings is 1. The molecule has 8 heteroatoms. The maximum absolute atomic E-state index is 13.7. The summed E-state index contributed by atoms with van der Waals surface area (Å²) in [5, 5.41) is 5.11. The summed E-state index contributed by atoms with van der Waals surface area (Å²) in [6, 6.07) is 9.86. The molecule has 4 rings (SSSR count). The summed E-state index contributed by atoms with van der Waals surface area (Å²) >= 11 is 1.73. The third kappa shape index (κ3) is 7.26. The first-order valence-electron chi connectivity index (χ1n) is 13.4. The number of carbonyl (C=O) groups excluding carboxylic acids is 2. The number of amides is 3. The van der Waals surface area contributed by atoms with Crippen molar-refractivity contribution in [3.8, 4) is 5.75 Å². The van der Waals surface area contributed by atoms with Crippen molar-refractivity contribution >= 4 is 23.3 Å². The lowest BCUT2D eigenvalue weighted by molar-refractivity contribution is -0.135. The van der Waals surface area contributed by atoms with Gasteiger partial charge in [0.05, 0.1) is 12.1 Å². The van der Waals surface area contributed by atoms with Gasteiger partial charge in [-0.1, -0.05) is 26.0 Å². The molecule has 2 atom stereocenters. The number of nitrogens with zero attached hydrogens (tertiary/aromatic N) is 2. The first-order valence-corrected chi connectivity index (χ1v) is 14.3. The van der Waals surface area contributed by atoms with E-state index in [2.05, 4.69) is 42.7 Å². The molecule has 0 spiro atoms. The van der Waals surface area contributed by atoms with E-state index in [0.29, 0.717) is 32.2 Å². The van der Waals surface area contributed by atoms with Crippen LogP contribution in [0.1, 0.15) is 75.4 Å². The molecule has 1 saturated heterocycles. The van der Waals surface area contributed by atoms with Crippen molar-refractivity contribution in [2.45, 2.75) is 77.5 Å². The molecule has 2 aromatic rings. The van der Waals surface area contributed by atoms with E-state index in [-0.39, 0.29) is 30.6 Å². The highest BCUT2D eigenvalue weighted by molar-refractivity contribution is 7.10. The molecule has 0 saturated carbocycles. The van der Waals surface area contributed by atoms with E-state index in [1.54, 1.807) is 16.2 Å². The van der Waals surface area contributed by atoms with Crippen molar-refractivity contribution in [3.63, 3.8) is 0 Å². The average molecular weight is 528 g/mol. The molecular formula is C29H41N3O4S. The molecule has 0 radical (unpaired) electrons. The number of nitrogens with one attached hydrogen (secondary N) is 1. The van der Waals surface area contributed by atoms with Gasteiger partial charge in [0, 0.05) is 30.1 Å². The van der Waals surface area contributed by atoms with E-state index in [1.165, 1.54) is 10.4 Å². The van der Waals surface area contributed by atoms with Crippen LogP contribution in [0.4, 0.5) is 4.79 Å². The Hall–Kier alpha value is -2.58. The summed E-state index contributed by atoms with van der Waals surface area (Å²) in [5.74, 6) is 1.19. The van der Waals surface area contributed by atoms with Crippen molar-refractivity contribution < 1.29 is 19.1 Å². The van der Waals surface area contributed by atoms with E-state index in [4.69, 9.17) is 9.47 Å². The normalized spacial score (nSPS) is 19.6. The number of hydrogen-bond donors (Lipinski definition) is 1. The number of rotatable bonds is 8. The highest BCUT2D eigenvalue weighted by Gasteiger charge is 2.35. The Balaban J connectivity index is 1.48. The molecule has 37 heavy (non-hydrogen) atoms. The van der Waals surface area contributed by atoms with Crippen molar-refractivity contribution in [1.29, 1.82) is 0 Å². The van der Waals surface area contributed by atoms with Gasteiger partial charge in [-0.2, -0.15) is 0 Å². The summed E-state index contributed by atoms with van der Waals surface area (Å²) in [6.45, 7) is 12.3. The topological polar surface area (TPSA) is 71.1 Å². The number of carbonyl (C=O) groups is 2. The van der Waals surface area contributed by atoms with Crippen molar-refractivity contribution in [2.24, 2.45) is 0 Å². The number of thiophene rings is 1. The van der Waals surface area contributed by atoms with Crippen LogP contribution in [-0.2, 0) is 16.0 Å². The fourth-order valence-corrected chi connectivity index (χ4v) is 5.83. The lowest BCUT2D eigenvalue weighted by Crippen LogP contribution is -2.54. The molecule has 1 N–H and O–H groups in total. The zero-order valence-electron chi connectivity index (χ0n) is 22.8. The van der Waals surface area contributed by atoms with E-state index in [9.17, 15) is 9.59 Å². The second kappa shape index (κ2) is 11.9. The van der Waals surface area contributed by atoms with Crippen LogP contribution in [0.25, 0.3) is 0 Å². The SMILES string of the molecule is CC(C)c1ccc(OC[C@H]2c3ccsc3CCN2C(=O)CN(C[C@H]2CCCO2)C(=O)NC(C)(C)C)cc1. The van der Waals surface area contributed by atoms with Crippen molar-refractivity contribution in [3.05, 3.63) is 51.7 Å². The molecule has 1 fully saturated rings. The van der Waals surface area contributed by atoms with Gasteiger partial charge < -0.3 is 24.6 Å². The second-order valence-electron chi connectivity index (χ2n) is 11.4. The minimum absolute atomic E-state index is 0.0147. The van der Waals surface area contributed by atoms with Gasteiger partial charge in [-0.05, 0) is 80.7 Å². The standard InChI is InChI=1S/C29H41N3O4S/c1-20(2)21-8-10-22(11-9-21)36-19-25-24-13-16-37-26(24)12-14-32(25)27(33)18-31(17-23-7-6-15-35-23)28(34)30-29(3,4)5/h8-11,13,16,20,23,25H,6-7,12,14-15,17-19H2,1-5H3,(H,30,34)/t23-,25+/m1/s1. The molecule has 0 bridgehead atoms. The average Bonchev–Trinajstić information content (AvgIpc) is 3.53. The first-order chi connectivity index (χ1) is 17.6. The zero-order valence-corrected chi connectivity index (χ0v) is 23.6. The number of urea groups is 1. The summed E-state index contributed by atoms with van der Waals surface area (Å²) in [6.07, 6.45) is 2.67. The highest BCUT2D eigenvalue weighted by Crippen LogP contribution is 2.34. The van der Waals surface area contributed by atoms with Gasteiger partial charge in [0.2, 0.25) is 5.91 Å². The minimum atomic E-state index is -0.396. The molecule has 0 unspecified atom stereocenters. The van der Waals surface area contributed by atoms with Crippen molar-refractivity contribution in [1.82, 2.24) is 15.1 Å². The number of ether oxygens (including phenoxy) is 2. The molecule has 3 heterocycles. The maximum atomic E-state index is 13.7. The van der Waals surface area contributed by atoms with Crippen LogP contribution in [0, 0.1) is 0 Å². The van der Waals surface area contributed by atoms with Crippen molar-refractivity contribution in [2.75, 3.05) is 32.8 Å². The zero-order chi connectivity index (χ0) is 26.6. The highest BCUT2D eigenvalue weighted by atomic mass is 32.1. The summed E-state index contributed by atoms with van der Waals surface area (Å²) in [4.78, 5) is 31.7. The summed E-state index contributed by atoms with van der Waals surface area (Å²) in [5.41, 5.74) is 2.02. The second-order valence-corrected chi connectivity index (χ2v) is 12.4. The molecule has 7 nitrogen and oxygen atoms in total. The fraction of sp³-hybridized carbons (Fsp3) is 0.586. The van der Waals surface area contributed by atoms with Crippen LogP contribution in [0.15, 0.2) is 35.7 Å². The Labute approximate surface area is 225 Å². The van der Waals surface area contributed by atoms with Gasteiger partial charge in [-0.15, -0.1) is 11.3 Å². The Bertz CT molecular complexity index is 1050. The van der Waals surface area contributed by atoms with E-state index in [1.807, 2.05) is 37.8 Å². The van der Waals surface area contributed by atoms with Gasteiger partial charge in [-0.25, -0.2) is 4.79 Å². The maximum Gasteiger partial charge on any atom is 0.318 e. The molecule has 2 aliphatic heterocycles. The number of hydrogen-bond acceptors (Lipinski definition) is 5. The van der Waals surface area contributed by atoms with E-state index < -0.39 is 5.54 Å². The molecule has 0 aliphatic carbocycles. The Morgan fingerprint density at radius 2 is 1.97 bits per heavy atom. The predicted octanol–water partition coefficient (Wildman–Crippen LogP) is 5.37. The van der Waals surface area contributed by atoms with Crippen LogP contribution in [0.5, 0.6) is 5.75 Å². The van der Waals surface area contributed by atoms with Gasteiger partial charge >= 0.3 is 6.03 Å². The third-order valence-electron chi connectivity index (χ3n) is 6.91. The molecule has 1 aromatic heterocycles. The van der Waals surface area contributed by atoms with Crippen LogP contribution in [0.3, 0.4) is 0 Å². The van der Waals surface area contributed by atoms with Crippen LogP contribution in [-0.4, -0.2) is 66.2 Å². The van der Waals surface area contributed by atoms with Gasteiger partial charge in [0.15, 0.2) is 0 Å². The molecule has 1 aromatic carbocycles. The third-order valence-corrected chi connectivity index (χ3v) is 7.91. The molecule has 3 amide bonds. The summed E-state index contributed by atoms with van der Waals surface area (Å²) < 4.78 is 12.0. The molecule has 2 aliphatic rings. The van der Waals surface area contributed by atoms with Gasteiger partial charge in [-0.3, -0.25) is 4.79 Å². The minimum Gasteiger partial charge on any atom is -0.491 e. The monoisotopic (exact) mass is 527 g/mol. The van der Waals surface area contributed by atoms with Gasteiger partial charge in [0.25, 0.3) is 0 Å². The quantitative estimate of drug-likeness (QED) is 0.501. The summed E-state index contributed by atoms with van der Waals surface area (Å²) in [7, 11) is 0.